The van der Waals surface area contributed by atoms with E-state index in [1.807, 2.05) is 25.1 Å². The second-order valence-corrected chi connectivity index (χ2v) is 5.29. The normalized spacial score (nSPS) is 19.6. The smallest absolute Gasteiger partial charge is 0.252 e. The van der Waals surface area contributed by atoms with E-state index >= 15 is 0 Å². The fourth-order valence-corrected chi connectivity index (χ4v) is 2.38. The maximum absolute atomic E-state index is 12.0. The van der Waals surface area contributed by atoms with E-state index in [0.717, 1.165) is 9.13 Å². The lowest BCUT2D eigenvalue weighted by Crippen LogP contribution is -2.39. The average molecular weight is 361 g/mol. The Bertz CT molecular complexity index is 430. The highest BCUT2D eigenvalue weighted by Gasteiger charge is 2.17. The Kier molecular flexibility index (Phi) is 4.96. The van der Waals surface area contributed by atoms with Crippen molar-refractivity contribution < 1.29 is 14.3 Å². The number of nitrogens with one attached hydrogen (secondary N) is 1. The first-order chi connectivity index (χ1) is 8.68. The topological polar surface area (TPSA) is 47.6 Å². The number of hydrogen-bond acceptors (Lipinski definition) is 3. The second kappa shape index (κ2) is 6.49. The summed E-state index contributed by atoms with van der Waals surface area (Å²) in [5.41, 5.74) is 1.83. The molecule has 0 spiro atoms. The van der Waals surface area contributed by atoms with E-state index in [-0.39, 0.29) is 12.0 Å². The molecule has 0 aliphatic carbocycles. The zero-order valence-electron chi connectivity index (χ0n) is 10.2. The van der Waals surface area contributed by atoms with Crippen molar-refractivity contribution in [1.82, 2.24) is 5.32 Å². The van der Waals surface area contributed by atoms with Crippen LogP contribution in [0.4, 0.5) is 0 Å². The molecule has 1 amide bonds. The van der Waals surface area contributed by atoms with E-state index in [9.17, 15) is 4.79 Å². The van der Waals surface area contributed by atoms with Crippen molar-refractivity contribution in [3.05, 3.63) is 32.9 Å². The van der Waals surface area contributed by atoms with Crippen LogP contribution in [0.25, 0.3) is 0 Å². The quantitative estimate of drug-likeness (QED) is 0.835. The van der Waals surface area contributed by atoms with E-state index in [2.05, 4.69) is 27.9 Å². The maximum Gasteiger partial charge on any atom is 0.252 e. The summed E-state index contributed by atoms with van der Waals surface area (Å²) in [4.78, 5) is 12.0. The molecule has 0 aromatic heterocycles. The van der Waals surface area contributed by atoms with Crippen LogP contribution < -0.4 is 5.32 Å². The molecule has 4 nitrogen and oxygen atoms in total. The molecule has 1 heterocycles. The summed E-state index contributed by atoms with van der Waals surface area (Å²) in [5.74, 6) is -0.0581. The van der Waals surface area contributed by atoms with Gasteiger partial charge in [0, 0.05) is 10.1 Å². The Hall–Kier alpha value is -0.660. The summed E-state index contributed by atoms with van der Waals surface area (Å²) < 4.78 is 11.8. The Labute approximate surface area is 120 Å². The predicted molar refractivity (Wildman–Crippen MR) is 76.8 cm³/mol. The highest BCUT2D eigenvalue weighted by molar-refractivity contribution is 14.1. The highest BCUT2D eigenvalue weighted by atomic mass is 127. The molecule has 1 unspecified atom stereocenters. The minimum absolute atomic E-state index is 0.0369. The highest BCUT2D eigenvalue weighted by Crippen LogP contribution is 2.16. The van der Waals surface area contributed by atoms with Gasteiger partial charge in [-0.2, -0.15) is 0 Å². The number of halogens is 1. The van der Waals surface area contributed by atoms with Gasteiger partial charge in [0.05, 0.1) is 31.5 Å². The van der Waals surface area contributed by atoms with Gasteiger partial charge in [0.1, 0.15) is 0 Å². The Morgan fingerprint density at radius 3 is 3.06 bits per heavy atom. The summed E-state index contributed by atoms with van der Waals surface area (Å²) in [6, 6.07) is 5.73. The molecule has 1 aromatic carbocycles. The lowest BCUT2D eigenvalue weighted by Gasteiger charge is -2.23. The van der Waals surface area contributed by atoms with E-state index in [1.165, 1.54) is 0 Å². The summed E-state index contributed by atoms with van der Waals surface area (Å²) in [7, 11) is 0. The number of carbonyl (C=O) groups excluding carboxylic acids is 1. The van der Waals surface area contributed by atoms with E-state index in [1.54, 1.807) is 0 Å². The average Bonchev–Trinajstić information content (AvgIpc) is 2.40. The van der Waals surface area contributed by atoms with Gasteiger partial charge in [-0.25, -0.2) is 0 Å². The minimum atomic E-state index is -0.0581. The van der Waals surface area contributed by atoms with Crippen LogP contribution in [0.2, 0.25) is 0 Å². The third-order valence-electron chi connectivity index (χ3n) is 2.81. The van der Waals surface area contributed by atoms with E-state index < -0.39 is 0 Å². The fraction of sp³-hybridized carbons (Fsp3) is 0.462. The second-order valence-electron chi connectivity index (χ2n) is 4.21. The third-order valence-corrected chi connectivity index (χ3v) is 4.24. The number of rotatable bonds is 3. The summed E-state index contributed by atoms with van der Waals surface area (Å²) >= 11 is 2.20. The Morgan fingerprint density at radius 2 is 2.33 bits per heavy atom. The van der Waals surface area contributed by atoms with Gasteiger partial charge in [-0.3, -0.25) is 4.79 Å². The van der Waals surface area contributed by atoms with Gasteiger partial charge in [0.15, 0.2) is 0 Å². The van der Waals surface area contributed by atoms with E-state index in [0.29, 0.717) is 31.9 Å². The number of benzene rings is 1. The van der Waals surface area contributed by atoms with Crippen molar-refractivity contribution >= 4 is 28.5 Å². The number of amides is 1. The van der Waals surface area contributed by atoms with Crippen LogP contribution >= 0.6 is 22.6 Å². The lowest BCUT2D eigenvalue weighted by atomic mass is 10.1. The van der Waals surface area contributed by atoms with Crippen LogP contribution in [-0.2, 0) is 9.47 Å². The summed E-state index contributed by atoms with van der Waals surface area (Å²) in [5, 5.41) is 2.89. The van der Waals surface area contributed by atoms with Gasteiger partial charge < -0.3 is 14.8 Å². The molecular weight excluding hydrogens is 345 g/mol. The number of aryl methyl sites for hydroxylation is 1. The Morgan fingerprint density at radius 1 is 1.50 bits per heavy atom. The number of hydrogen-bond donors (Lipinski definition) is 1. The SMILES string of the molecule is Cc1cccc(C(=O)NCC2COCCO2)c1I. The molecule has 1 aromatic rings. The van der Waals surface area contributed by atoms with Crippen LogP contribution in [0.1, 0.15) is 15.9 Å². The number of carbonyl (C=O) groups is 1. The van der Waals surface area contributed by atoms with Crippen LogP contribution in [0.15, 0.2) is 18.2 Å². The van der Waals surface area contributed by atoms with Crippen molar-refractivity contribution in [3.8, 4) is 0 Å². The molecule has 18 heavy (non-hydrogen) atoms. The van der Waals surface area contributed by atoms with Gasteiger partial charge in [-0.15, -0.1) is 0 Å². The molecule has 1 N–H and O–H groups in total. The van der Waals surface area contributed by atoms with Crippen LogP contribution in [-0.4, -0.2) is 38.4 Å². The molecule has 1 atom stereocenters. The van der Waals surface area contributed by atoms with Crippen molar-refractivity contribution in [1.29, 1.82) is 0 Å². The van der Waals surface area contributed by atoms with E-state index in [4.69, 9.17) is 9.47 Å². The van der Waals surface area contributed by atoms with Crippen molar-refractivity contribution in [2.24, 2.45) is 0 Å². The van der Waals surface area contributed by atoms with Gasteiger partial charge in [0.2, 0.25) is 0 Å². The van der Waals surface area contributed by atoms with Gasteiger partial charge in [-0.05, 0) is 41.1 Å². The largest absolute Gasteiger partial charge is 0.376 e. The lowest BCUT2D eigenvalue weighted by molar-refractivity contribution is -0.0855. The van der Waals surface area contributed by atoms with Crippen molar-refractivity contribution in [2.45, 2.75) is 13.0 Å². The third kappa shape index (κ3) is 3.43. The first kappa shape index (κ1) is 13.8. The monoisotopic (exact) mass is 361 g/mol. The summed E-state index contributed by atoms with van der Waals surface area (Å²) in [6.45, 7) is 4.27. The molecule has 2 rings (SSSR count). The van der Waals surface area contributed by atoms with Crippen LogP contribution in [0.5, 0.6) is 0 Å². The molecule has 1 aliphatic heterocycles. The van der Waals surface area contributed by atoms with Gasteiger partial charge in [0.25, 0.3) is 5.91 Å². The minimum Gasteiger partial charge on any atom is -0.376 e. The van der Waals surface area contributed by atoms with Gasteiger partial charge in [-0.1, -0.05) is 12.1 Å². The zero-order chi connectivity index (χ0) is 13.0. The number of ether oxygens (including phenoxy) is 2. The van der Waals surface area contributed by atoms with Crippen molar-refractivity contribution in [2.75, 3.05) is 26.4 Å². The maximum atomic E-state index is 12.0. The molecule has 5 heteroatoms. The fourth-order valence-electron chi connectivity index (χ4n) is 1.78. The molecular formula is C13H16INO3. The predicted octanol–water partition coefficient (Wildman–Crippen LogP) is 1.74. The summed E-state index contributed by atoms with van der Waals surface area (Å²) in [6.07, 6.45) is -0.0369. The van der Waals surface area contributed by atoms with Crippen LogP contribution in [0.3, 0.4) is 0 Å². The molecule has 1 fully saturated rings. The van der Waals surface area contributed by atoms with Crippen molar-refractivity contribution in [3.63, 3.8) is 0 Å². The molecule has 1 aliphatic rings. The molecule has 0 bridgehead atoms. The molecule has 98 valence electrons. The van der Waals surface area contributed by atoms with Gasteiger partial charge >= 0.3 is 0 Å². The Balaban J connectivity index is 1.93. The first-order valence-corrected chi connectivity index (χ1v) is 6.99. The first-order valence-electron chi connectivity index (χ1n) is 5.91. The zero-order valence-corrected chi connectivity index (χ0v) is 12.4. The molecule has 1 saturated heterocycles. The van der Waals surface area contributed by atoms with Crippen LogP contribution in [0, 0.1) is 10.5 Å². The molecule has 0 saturated carbocycles. The standard InChI is InChI=1S/C13H16INO3/c1-9-3-2-4-11(12(9)14)13(16)15-7-10-8-17-5-6-18-10/h2-4,10H,5-8H2,1H3,(H,15,16). The molecule has 0 radical (unpaired) electrons.